The number of hydrogen-bond donors (Lipinski definition) is 1. The van der Waals surface area contributed by atoms with Crippen molar-refractivity contribution in [2.75, 3.05) is 5.75 Å². The van der Waals surface area contributed by atoms with Gasteiger partial charge in [-0.1, -0.05) is 17.8 Å². The molecule has 1 amide bonds. The highest BCUT2D eigenvalue weighted by Crippen LogP contribution is 2.20. The summed E-state index contributed by atoms with van der Waals surface area (Å²) in [6, 6.07) is 4.61. The topological polar surface area (TPSA) is 72.2 Å². The molecule has 0 fully saturated rings. The number of aromatic nitrogens is 4. The molecule has 9 heteroatoms. The number of fused-ring (bicyclic) bond motifs is 1. The Hall–Kier alpha value is -2.55. The van der Waals surface area contributed by atoms with Crippen LogP contribution in [-0.4, -0.2) is 31.2 Å². The number of nitrogens with one attached hydrogen (secondary N) is 1. The first-order chi connectivity index (χ1) is 12.3. The highest BCUT2D eigenvalue weighted by Gasteiger charge is 2.16. The lowest BCUT2D eigenvalue weighted by atomic mass is 10.1. The van der Waals surface area contributed by atoms with Crippen LogP contribution in [0.2, 0.25) is 0 Å². The predicted octanol–water partition coefficient (Wildman–Crippen LogP) is 2.99. The quantitative estimate of drug-likeness (QED) is 0.692. The van der Waals surface area contributed by atoms with Gasteiger partial charge < -0.3 is 5.32 Å². The molecule has 0 unspecified atom stereocenters. The molecule has 136 valence electrons. The van der Waals surface area contributed by atoms with Gasteiger partial charge in [-0.2, -0.15) is 0 Å². The molecule has 0 bridgehead atoms. The Bertz CT molecular complexity index is 975. The number of thioether (sulfide) groups is 1. The van der Waals surface area contributed by atoms with E-state index < -0.39 is 17.7 Å². The molecule has 0 radical (unpaired) electrons. The number of nitrogens with zero attached hydrogens (tertiary/aromatic N) is 4. The van der Waals surface area contributed by atoms with E-state index in [0.29, 0.717) is 10.9 Å². The Labute approximate surface area is 153 Å². The molecular weight excluding hydrogens is 360 g/mol. The van der Waals surface area contributed by atoms with Gasteiger partial charge in [-0.05, 0) is 32.9 Å². The average molecular weight is 377 g/mol. The summed E-state index contributed by atoms with van der Waals surface area (Å²) in [5.41, 5.74) is 1.99. The van der Waals surface area contributed by atoms with E-state index in [1.807, 2.05) is 19.9 Å². The first kappa shape index (κ1) is 18.2. The highest BCUT2D eigenvalue weighted by molar-refractivity contribution is 7.99. The molecule has 0 aliphatic heterocycles. The number of aryl methyl sites for hydroxylation is 2. The second kappa shape index (κ2) is 7.36. The molecule has 26 heavy (non-hydrogen) atoms. The van der Waals surface area contributed by atoms with Crippen LogP contribution < -0.4 is 5.32 Å². The lowest BCUT2D eigenvalue weighted by molar-refractivity contribution is -0.119. The number of carbonyl (C=O) groups is 1. The summed E-state index contributed by atoms with van der Waals surface area (Å²) in [5.74, 6) is -1.07. The molecule has 0 spiro atoms. The van der Waals surface area contributed by atoms with Crippen molar-refractivity contribution in [2.45, 2.75) is 32.0 Å². The highest BCUT2D eigenvalue weighted by atomic mass is 32.2. The third-order valence-electron chi connectivity index (χ3n) is 3.80. The van der Waals surface area contributed by atoms with Crippen LogP contribution in [0, 0.1) is 25.5 Å². The van der Waals surface area contributed by atoms with Crippen LogP contribution in [0.3, 0.4) is 0 Å². The summed E-state index contributed by atoms with van der Waals surface area (Å²) in [5, 5.41) is 11.3. The molecule has 3 aromatic rings. The molecule has 2 aromatic heterocycles. The van der Waals surface area contributed by atoms with Gasteiger partial charge in [0, 0.05) is 23.0 Å². The van der Waals surface area contributed by atoms with E-state index in [1.54, 1.807) is 11.3 Å². The van der Waals surface area contributed by atoms with Crippen molar-refractivity contribution in [2.24, 2.45) is 0 Å². The Morgan fingerprint density at radius 1 is 1.27 bits per heavy atom. The summed E-state index contributed by atoms with van der Waals surface area (Å²) in [4.78, 5) is 16.5. The van der Waals surface area contributed by atoms with Gasteiger partial charge in [-0.25, -0.2) is 13.8 Å². The van der Waals surface area contributed by atoms with Crippen molar-refractivity contribution < 1.29 is 13.6 Å². The van der Waals surface area contributed by atoms with Crippen LogP contribution >= 0.6 is 11.8 Å². The van der Waals surface area contributed by atoms with Crippen molar-refractivity contribution in [3.8, 4) is 0 Å². The molecule has 2 heterocycles. The molecular formula is C17H17F2N5OS. The lowest BCUT2D eigenvalue weighted by Gasteiger charge is -2.15. The minimum atomic E-state index is -0.689. The zero-order valence-corrected chi connectivity index (χ0v) is 15.3. The monoisotopic (exact) mass is 377 g/mol. The number of amides is 1. The first-order valence-corrected chi connectivity index (χ1v) is 8.90. The van der Waals surface area contributed by atoms with Crippen molar-refractivity contribution in [3.63, 3.8) is 0 Å². The van der Waals surface area contributed by atoms with Crippen LogP contribution in [0.4, 0.5) is 8.78 Å². The maximum absolute atomic E-state index is 13.8. The van der Waals surface area contributed by atoms with Gasteiger partial charge in [-0.3, -0.25) is 9.20 Å². The standard InChI is InChI=1S/C17H17F2N5OS/c1-9-6-10(2)24-16(20-9)22-23-17(24)26-8-15(25)21-11(3)13-5-4-12(18)7-14(13)19/h4-7,11H,8H2,1-3H3,(H,21,25)/t11-/m0/s1. The maximum atomic E-state index is 13.8. The number of carbonyl (C=O) groups excluding carboxylic acids is 1. The van der Waals surface area contributed by atoms with E-state index in [2.05, 4.69) is 20.5 Å². The number of halogens is 2. The third-order valence-corrected chi connectivity index (χ3v) is 4.73. The van der Waals surface area contributed by atoms with Gasteiger partial charge in [0.25, 0.3) is 5.78 Å². The Morgan fingerprint density at radius 3 is 2.77 bits per heavy atom. The van der Waals surface area contributed by atoms with Gasteiger partial charge in [0.2, 0.25) is 5.91 Å². The minimum Gasteiger partial charge on any atom is -0.349 e. The number of hydrogen-bond acceptors (Lipinski definition) is 5. The summed E-state index contributed by atoms with van der Waals surface area (Å²) in [6.07, 6.45) is 0. The Morgan fingerprint density at radius 2 is 2.04 bits per heavy atom. The Balaban J connectivity index is 1.66. The summed E-state index contributed by atoms with van der Waals surface area (Å²) in [7, 11) is 0. The first-order valence-electron chi connectivity index (χ1n) is 7.91. The lowest BCUT2D eigenvalue weighted by Crippen LogP contribution is -2.28. The van der Waals surface area contributed by atoms with Gasteiger partial charge in [0.05, 0.1) is 11.8 Å². The van der Waals surface area contributed by atoms with Gasteiger partial charge in [0.15, 0.2) is 5.16 Å². The van der Waals surface area contributed by atoms with Crippen LogP contribution in [0.1, 0.15) is 29.9 Å². The van der Waals surface area contributed by atoms with Crippen LogP contribution in [0.15, 0.2) is 29.4 Å². The van der Waals surface area contributed by atoms with E-state index >= 15 is 0 Å². The third kappa shape index (κ3) is 3.82. The molecule has 0 saturated heterocycles. The molecule has 3 rings (SSSR count). The van der Waals surface area contributed by atoms with E-state index in [9.17, 15) is 13.6 Å². The molecule has 6 nitrogen and oxygen atoms in total. The van der Waals surface area contributed by atoms with Gasteiger partial charge in [0.1, 0.15) is 11.6 Å². The molecule has 1 N–H and O–H groups in total. The zero-order chi connectivity index (χ0) is 18.8. The normalized spacial score (nSPS) is 12.3. The largest absolute Gasteiger partial charge is 0.349 e. The fraction of sp³-hybridized carbons (Fsp3) is 0.294. The molecule has 1 aromatic carbocycles. The maximum Gasteiger partial charge on any atom is 0.256 e. The average Bonchev–Trinajstić information content (AvgIpc) is 2.95. The van der Waals surface area contributed by atoms with E-state index in [0.717, 1.165) is 23.5 Å². The fourth-order valence-electron chi connectivity index (χ4n) is 2.64. The van der Waals surface area contributed by atoms with E-state index in [4.69, 9.17) is 0 Å². The van der Waals surface area contributed by atoms with Crippen LogP contribution in [-0.2, 0) is 4.79 Å². The molecule has 0 saturated carbocycles. The SMILES string of the molecule is Cc1cc(C)n2c(SCC(=O)N[C@@H](C)c3ccc(F)cc3F)nnc2n1. The van der Waals surface area contributed by atoms with E-state index in [-0.39, 0.29) is 17.2 Å². The summed E-state index contributed by atoms with van der Waals surface area (Å²) < 4.78 is 28.5. The van der Waals surface area contributed by atoms with Crippen molar-refractivity contribution in [1.29, 1.82) is 0 Å². The fourth-order valence-corrected chi connectivity index (χ4v) is 3.43. The van der Waals surface area contributed by atoms with Gasteiger partial charge >= 0.3 is 0 Å². The second-order valence-electron chi connectivity index (χ2n) is 5.90. The Kier molecular flexibility index (Phi) is 5.17. The zero-order valence-electron chi connectivity index (χ0n) is 14.5. The smallest absolute Gasteiger partial charge is 0.256 e. The van der Waals surface area contributed by atoms with Crippen molar-refractivity contribution in [3.05, 3.63) is 52.9 Å². The summed E-state index contributed by atoms with van der Waals surface area (Å²) in [6.45, 7) is 5.43. The van der Waals surface area contributed by atoms with E-state index in [1.165, 1.54) is 17.8 Å². The number of rotatable bonds is 5. The molecule has 1 atom stereocenters. The minimum absolute atomic E-state index is 0.0846. The van der Waals surface area contributed by atoms with Crippen molar-refractivity contribution >= 4 is 23.4 Å². The summed E-state index contributed by atoms with van der Waals surface area (Å²) >= 11 is 1.21. The second-order valence-corrected chi connectivity index (χ2v) is 6.84. The van der Waals surface area contributed by atoms with Crippen LogP contribution in [0.5, 0.6) is 0 Å². The predicted molar refractivity (Wildman–Crippen MR) is 93.9 cm³/mol. The molecule has 0 aliphatic rings. The van der Waals surface area contributed by atoms with Crippen LogP contribution in [0.25, 0.3) is 5.78 Å². The van der Waals surface area contributed by atoms with Crippen molar-refractivity contribution in [1.82, 2.24) is 24.9 Å². The van der Waals surface area contributed by atoms with Gasteiger partial charge in [-0.15, -0.1) is 10.2 Å². The number of benzene rings is 1. The molecule has 0 aliphatic carbocycles.